The first-order chi connectivity index (χ1) is 10.5. The Morgan fingerprint density at radius 3 is 2.41 bits per heavy atom. The minimum Gasteiger partial charge on any atom is -0.462 e. The Bertz CT molecular complexity index is 483. The zero-order valence-electron chi connectivity index (χ0n) is 14.5. The fourth-order valence-corrected chi connectivity index (χ4v) is 8.04. The predicted molar refractivity (Wildman–Crippen MR) is 95.1 cm³/mol. The summed E-state index contributed by atoms with van der Waals surface area (Å²) in [6.07, 6.45) is 5.94. The minimum atomic E-state index is -1.73. The SMILES string of the molecule is CCCCCC[C@H]1C(=O)O[C@@H](C)[C@@H]1[Si](C)(C)c1ccccc1. The summed E-state index contributed by atoms with van der Waals surface area (Å²) in [5, 5.41) is 1.43. The van der Waals surface area contributed by atoms with Gasteiger partial charge >= 0.3 is 5.97 Å². The van der Waals surface area contributed by atoms with Gasteiger partial charge < -0.3 is 4.74 Å². The highest BCUT2D eigenvalue weighted by molar-refractivity contribution is 6.91. The van der Waals surface area contributed by atoms with Gasteiger partial charge in [-0.3, -0.25) is 4.79 Å². The van der Waals surface area contributed by atoms with Gasteiger partial charge in [-0.15, -0.1) is 0 Å². The van der Waals surface area contributed by atoms with Crippen LogP contribution in [0.4, 0.5) is 0 Å². The number of hydrogen-bond donors (Lipinski definition) is 0. The Morgan fingerprint density at radius 1 is 1.09 bits per heavy atom. The number of esters is 1. The Labute approximate surface area is 136 Å². The highest BCUT2D eigenvalue weighted by Crippen LogP contribution is 2.43. The van der Waals surface area contributed by atoms with Crippen molar-refractivity contribution < 1.29 is 9.53 Å². The molecule has 1 aliphatic rings. The first-order valence-electron chi connectivity index (χ1n) is 8.74. The van der Waals surface area contributed by atoms with Crippen LogP contribution in [0.3, 0.4) is 0 Å². The van der Waals surface area contributed by atoms with Crippen molar-refractivity contribution in [3.8, 4) is 0 Å². The molecule has 1 aromatic carbocycles. The van der Waals surface area contributed by atoms with Gasteiger partial charge in [-0.2, -0.15) is 0 Å². The van der Waals surface area contributed by atoms with Gasteiger partial charge in [-0.05, 0) is 13.3 Å². The molecular formula is C19H30O2Si. The van der Waals surface area contributed by atoms with E-state index in [9.17, 15) is 4.79 Å². The molecule has 122 valence electrons. The van der Waals surface area contributed by atoms with Crippen molar-refractivity contribution in [1.82, 2.24) is 0 Å². The maximum atomic E-state index is 12.3. The van der Waals surface area contributed by atoms with Crippen LogP contribution in [0.25, 0.3) is 0 Å². The summed E-state index contributed by atoms with van der Waals surface area (Å²) in [5.41, 5.74) is 0.393. The normalized spacial score (nSPS) is 25.3. The van der Waals surface area contributed by atoms with Gasteiger partial charge in [0.1, 0.15) is 6.10 Å². The van der Waals surface area contributed by atoms with E-state index in [1.165, 1.54) is 24.4 Å². The van der Waals surface area contributed by atoms with Gasteiger partial charge in [0.25, 0.3) is 0 Å². The first-order valence-corrected chi connectivity index (χ1v) is 11.8. The maximum Gasteiger partial charge on any atom is 0.309 e. The maximum absolute atomic E-state index is 12.3. The van der Waals surface area contributed by atoms with Crippen molar-refractivity contribution >= 4 is 19.2 Å². The molecule has 1 heterocycles. The van der Waals surface area contributed by atoms with Crippen LogP contribution >= 0.6 is 0 Å². The van der Waals surface area contributed by atoms with E-state index in [0.29, 0.717) is 5.54 Å². The largest absolute Gasteiger partial charge is 0.462 e. The average Bonchev–Trinajstić information content (AvgIpc) is 2.79. The van der Waals surface area contributed by atoms with E-state index in [1.807, 2.05) is 0 Å². The Kier molecular flexibility index (Phi) is 5.85. The third-order valence-electron chi connectivity index (χ3n) is 5.26. The third kappa shape index (κ3) is 3.62. The summed E-state index contributed by atoms with van der Waals surface area (Å²) < 4.78 is 5.65. The van der Waals surface area contributed by atoms with Crippen LogP contribution < -0.4 is 5.19 Å². The van der Waals surface area contributed by atoms with Crippen molar-refractivity contribution in [2.24, 2.45) is 5.92 Å². The van der Waals surface area contributed by atoms with Crippen LogP contribution in [-0.4, -0.2) is 20.1 Å². The van der Waals surface area contributed by atoms with E-state index in [0.717, 1.165) is 12.8 Å². The fraction of sp³-hybridized carbons (Fsp3) is 0.632. The van der Waals surface area contributed by atoms with Gasteiger partial charge in [0.05, 0.1) is 14.0 Å². The van der Waals surface area contributed by atoms with E-state index in [-0.39, 0.29) is 18.0 Å². The number of cyclic esters (lactones) is 1. The van der Waals surface area contributed by atoms with Gasteiger partial charge in [-0.1, -0.05) is 81.2 Å². The average molecular weight is 319 g/mol. The molecule has 0 amide bonds. The van der Waals surface area contributed by atoms with Crippen molar-refractivity contribution in [1.29, 1.82) is 0 Å². The zero-order chi connectivity index (χ0) is 16.2. The van der Waals surface area contributed by atoms with Gasteiger partial charge in [0.15, 0.2) is 0 Å². The standard InChI is InChI=1S/C19H30O2Si/c1-5-6-7-11-14-17-18(15(2)21-19(17)20)22(3,4)16-12-9-8-10-13-16/h8-10,12-13,15,17-18H,5-7,11,14H2,1-4H3/t15-,17+,18-/m0/s1. The molecule has 2 rings (SSSR count). The molecule has 3 heteroatoms. The summed E-state index contributed by atoms with van der Waals surface area (Å²) in [6.45, 7) is 9.10. The molecule has 3 atom stereocenters. The number of hydrogen-bond acceptors (Lipinski definition) is 2. The molecule has 0 spiro atoms. The summed E-state index contributed by atoms with van der Waals surface area (Å²) in [4.78, 5) is 12.3. The molecule has 2 nitrogen and oxygen atoms in total. The van der Waals surface area contributed by atoms with Crippen LogP contribution in [0.2, 0.25) is 18.6 Å². The van der Waals surface area contributed by atoms with Gasteiger partial charge in [-0.25, -0.2) is 0 Å². The Balaban J connectivity index is 2.16. The van der Waals surface area contributed by atoms with Crippen LogP contribution in [0.1, 0.15) is 46.0 Å². The number of carbonyl (C=O) groups is 1. The molecule has 0 bridgehead atoms. The molecule has 22 heavy (non-hydrogen) atoms. The molecule has 1 aromatic rings. The third-order valence-corrected chi connectivity index (χ3v) is 9.62. The van der Waals surface area contributed by atoms with Gasteiger partial charge in [0.2, 0.25) is 0 Å². The molecule has 1 aliphatic heterocycles. The molecule has 0 aromatic heterocycles. The lowest BCUT2D eigenvalue weighted by Crippen LogP contribution is -2.50. The number of carbonyl (C=O) groups excluding carboxylic acids is 1. The molecule has 0 aliphatic carbocycles. The Morgan fingerprint density at radius 2 is 1.77 bits per heavy atom. The topological polar surface area (TPSA) is 26.3 Å². The van der Waals surface area contributed by atoms with Crippen LogP contribution in [0.15, 0.2) is 30.3 Å². The lowest BCUT2D eigenvalue weighted by atomic mass is 9.97. The summed E-state index contributed by atoms with van der Waals surface area (Å²) in [5.74, 6) is 0.152. The van der Waals surface area contributed by atoms with Crippen molar-refractivity contribution in [3.63, 3.8) is 0 Å². The lowest BCUT2D eigenvalue weighted by Gasteiger charge is -2.34. The molecule has 1 saturated heterocycles. The van der Waals surface area contributed by atoms with Crippen LogP contribution in [0.5, 0.6) is 0 Å². The first kappa shape index (κ1) is 17.3. The quantitative estimate of drug-likeness (QED) is 0.420. The second kappa shape index (κ2) is 7.45. The van der Waals surface area contributed by atoms with Gasteiger partial charge in [0, 0.05) is 5.54 Å². The highest BCUT2D eigenvalue weighted by atomic mass is 28.3. The monoisotopic (exact) mass is 318 g/mol. The van der Waals surface area contributed by atoms with Crippen molar-refractivity contribution in [3.05, 3.63) is 30.3 Å². The van der Waals surface area contributed by atoms with E-state index in [2.05, 4.69) is 57.3 Å². The smallest absolute Gasteiger partial charge is 0.309 e. The number of benzene rings is 1. The van der Waals surface area contributed by atoms with Crippen LogP contribution in [-0.2, 0) is 9.53 Å². The number of unbranched alkanes of at least 4 members (excludes halogenated alkanes) is 3. The number of rotatable bonds is 7. The summed E-state index contributed by atoms with van der Waals surface area (Å²) >= 11 is 0. The number of ether oxygens (including phenoxy) is 1. The van der Waals surface area contributed by atoms with E-state index >= 15 is 0 Å². The second-order valence-corrected chi connectivity index (χ2v) is 11.9. The minimum absolute atomic E-state index is 0.0468. The molecule has 0 radical (unpaired) electrons. The lowest BCUT2D eigenvalue weighted by molar-refractivity contribution is -0.143. The van der Waals surface area contributed by atoms with Crippen molar-refractivity contribution in [2.45, 2.75) is 70.7 Å². The van der Waals surface area contributed by atoms with E-state index in [1.54, 1.807) is 0 Å². The second-order valence-electron chi connectivity index (χ2n) is 7.21. The fourth-order valence-electron chi connectivity index (χ4n) is 4.06. The molecule has 0 unspecified atom stereocenters. The zero-order valence-corrected chi connectivity index (χ0v) is 15.5. The van der Waals surface area contributed by atoms with E-state index < -0.39 is 8.07 Å². The van der Waals surface area contributed by atoms with Crippen molar-refractivity contribution in [2.75, 3.05) is 0 Å². The van der Waals surface area contributed by atoms with Crippen LogP contribution in [0, 0.1) is 5.92 Å². The molecule has 0 N–H and O–H groups in total. The molecular weight excluding hydrogens is 288 g/mol. The highest BCUT2D eigenvalue weighted by Gasteiger charge is 2.50. The molecule has 0 saturated carbocycles. The summed E-state index contributed by atoms with van der Waals surface area (Å²) in [7, 11) is -1.73. The summed E-state index contributed by atoms with van der Waals surface area (Å²) in [6, 6.07) is 10.8. The van der Waals surface area contributed by atoms with E-state index in [4.69, 9.17) is 4.74 Å². The predicted octanol–water partition coefficient (Wildman–Crippen LogP) is 4.50. The molecule has 1 fully saturated rings. The Hall–Kier alpha value is -1.09.